The van der Waals surface area contributed by atoms with Crippen LogP contribution in [-0.2, 0) is 10.2 Å². The predicted octanol–water partition coefficient (Wildman–Crippen LogP) is 5.27. The van der Waals surface area contributed by atoms with Crippen LogP contribution >= 0.6 is 12.2 Å². The van der Waals surface area contributed by atoms with Crippen molar-refractivity contribution in [2.75, 3.05) is 54.5 Å². The minimum atomic E-state index is -0.222. The number of ether oxygens (including phenoxy) is 1. The lowest BCUT2D eigenvalue weighted by Crippen LogP contribution is -2.45. The Morgan fingerprint density at radius 3 is 2.45 bits per heavy atom. The zero-order valence-electron chi connectivity index (χ0n) is 22.7. The SMILES string of the molecule is CC1CCN(c2cc(N3CCCC[C@H]3C)nc(NC(=S)NCC3(c4ccc(F)cc4)CCOCC3)n2)CC1. The van der Waals surface area contributed by atoms with Gasteiger partial charge in [-0.3, -0.25) is 0 Å². The maximum absolute atomic E-state index is 13.6. The van der Waals surface area contributed by atoms with E-state index in [4.69, 9.17) is 26.9 Å². The largest absolute Gasteiger partial charge is 0.381 e. The molecule has 2 N–H and O–H groups in total. The van der Waals surface area contributed by atoms with E-state index in [9.17, 15) is 4.39 Å². The molecule has 1 atom stereocenters. The first-order valence-corrected chi connectivity index (χ1v) is 14.6. The summed E-state index contributed by atoms with van der Waals surface area (Å²) < 4.78 is 19.3. The van der Waals surface area contributed by atoms with E-state index in [1.54, 1.807) is 0 Å². The summed E-state index contributed by atoms with van der Waals surface area (Å²) in [6.07, 6.45) is 7.69. The third-order valence-corrected chi connectivity index (χ3v) is 8.87. The number of thiocarbonyl (C=S) groups is 1. The number of benzene rings is 1. The van der Waals surface area contributed by atoms with E-state index < -0.39 is 0 Å². The summed E-state index contributed by atoms with van der Waals surface area (Å²) in [4.78, 5) is 14.6. The normalized spacial score (nSPS) is 22.2. The summed E-state index contributed by atoms with van der Waals surface area (Å²) in [7, 11) is 0. The summed E-state index contributed by atoms with van der Waals surface area (Å²) in [5.74, 6) is 3.01. The van der Waals surface area contributed by atoms with Crippen molar-refractivity contribution in [3.8, 4) is 0 Å². The maximum Gasteiger partial charge on any atom is 0.232 e. The van der Waals surface area contributed by atoms with E-state index in [0.29, 0.717) is 36.9 Å². The van der Waals surface area contributed by atoms with Crippen LogP contribution in [0.15, 0.2) is 30.3 Å². The standard InChI is InChI=1S/C29H41FN6OS/c1-21-10-15-35(16-11-21)25-19-26(36-14-4-3-5-22(36)2)33-27(32-25)34-28(38)31-20-29(12-17-37-18-13-29)23-6-8-24(30)9-7-23/h6-9,19,21-22H,3-5,10-18,20H2,1-2H3,(H2,31,32,33,34,38)/t22-/m1/s1. The first kappa shape index (κ1) is 27.1. The summed E-state index contributed by atoms with van der Waals surface area (Å²) >= 11 is 5.74. The molecule has 206 valence electrons. The van der Waals surface area contributed by atoms with Crippen LogP contribution in [0.1, 0.15) is 64.4 Å². The first-order chi connectivity index (χ1) is 18.4. The van der Waals surface area contributed by atoms with Crippen molar-refractivity contribution in [2.45, 2.75) is 70.3 Å². The highest BCUT2D eigenvalue weighted by molar-refractivity contribution is 7.80. The highest BCUT2D eigenvalue weighted by Gasteiger charge is 2.34. The van der Waals surface area contributed by atoms with Gasteiger partial charge in [-0.15, -0.1) is 0 Å². The topological polar surface area (TPSA) is 65.5 Å². The highest BCUT2D eigenvalue weighted by atomic mass is 32.1. The van der Waals surface area contributed by atoms with E-state index in [0.717, 1.165) is 55.6 Å². The molecule has 38 heavy (non-hydrogen) atoms. The van der Waals surface area contributed by atoms with Crippen molar-refractivity contribution in [2.24, 2.45) is 5.92 Å². The minimum absolute atomic E-state index is 0.167. The molecule has 0 bridgehead atoms. The molecule has 0 unspecified atom stereocenters. The number of hydrogen-bond acceptors (Lipinski definition) is 6. The fraction of sp³-hybridized carbons (Fsp3) is 0.621. The van der Waals surface area contributed by atoms with Gasteiger partial charge in [-0.05, 0) is 87.7 Å². The Kier molecular flexibility index (Phi) is 8.63. The molecule has 3 fully saturated rings. The lowest BCUT2D eigenvalue weighted by molar-refractivity contribution is 0.0515. The molecule has 7 nitrogen and oxygen atoms in total. The van der Waals surface area contributed by atoms with Crippen molar-refractivity contribution in [1.29, 1.82) is 0 Å². The fourth-order valence-electron chi connectivity index (χ4n) is 5.99. The first-order valence-electron chi connectivity index (χ1n) is 14.2. The maximum atomic E-state index is 13.6. The Labute approximate surface area is 231 Å². The Bertz CT molecular complexity index is 1080. The summed E-state index contributed by atoms with van der Waals surface area (Å²) in [6.45, 7) is 9.63. The predicted molar refractivity (Wildman–Crippen MR) is 156 cm³/mol. The molecular formula is C29H41FN6OS. The molecular weight excluding hydrogens is 499 g/mol. The molecule has 4 heterocycles. The van der Waals surface area contributed by atoms with Gasteiger partial charge in [-0.1, -0.05) is 19.1 Å². The number of nitrogens with one attached hydrogen (secondary N) is 2. The molecule has 3 aliphatic rings. The molecule has 0 saturated carbocycles. The van der Waals surface area contributed by atoms with Crippen LogP contribution in [0.25, 0.3) is 0 Å². The van der Waals surface area contributed by atoms with Gasteiger partial charge in [-0.2, -0.15) is 9.97 Å². The van der Waals surface area contributed by atoms with Crippen LogP contribution in [0.4, 0.5) is 22.0 Å². The van der Waals surface area contributed by atoms with E-state index >= 15 is 0 Å². The highest BCUT2D eigenvalue weighted by Crippen LogP contribution is 2.35. The second-order valence-electron chi connectivity index (χ2n) is 11.3. The number of anilines is 3. The number of hydrogen-bond donors (Lipinski definition) is 2. The lowest BCUT2D eigenvalue weighted by atomic mass is 9.74. The Balaban J connectivity index is 1.33. The molecule has 9 heteroatoms. The van der Waals surface area contributed by atoms with E-state index in [2.05, 4.69) is 40.3 Å². The van der Waals surface area contributed by atoms with Crippen LogP contribution in [0.5, 0.6) is 0 Å². The number of rotatable bonds is 6. The van der Waals surface area contributed by atoms with Gasteiger partial charge in [0, 0.05) is 56.9 Å². The zero-order valence-corrected chi connectivity index (χ0v) is 23.5. The molecule has 3 saturated heterocycles. The van der Waals surface area contributed by atoms with Gasteiger partial charge in [0.25, 0.3) is 0 Å². The van der Waals surface area contributed by atoms with E-state index in [1.165, 1.54) is 44.2 Å². The van der Waals surface area contributed by atoms with Crippen molar-refractivity contribution in [3.05, 3.63) is 41.7 Å². The molecule has 0 spiro atoms. The third kappa shape index (κ3) is 6.37. The number of nitrogens with zero attached hydrogens (tertiary/aromatic N) is 4. The second kappa shape index (κ2) is 12.1. The molecule has 3 aliphatic heterocycles. The van der Waals surface area contributed by atoms with Crippen LogP contribution in [0, 0.1) is 11.7 Å². The number of halogens is 1. The number of piperidine rings is 2. The zero-order chi connectivity index (χ0) is 26.5. The average Bonchev–Trinajstić information content (AvgIpc) is 2.93. The van der Waals surface area contributed by atoms with Crippen LogP contribution < -0.4 is 20.4 Å². The van der Waals surface area contributed by atoms with Gasteiger partial charge in [0.15, 0.2) is 5.11 Å². The van der Waals surface area contributed by atoms with Gasteiger partial charge in [0.1, 0.15) is 17.5 Å². The lowest BCUT2D eigenvalue weighted by Gasteiger charge is -2.38. The second-order valence-corrected chi connectivity index (χ2v) is 11.7. The van der Waals surface area contributed by atoms with E-state index in [-0.39, 0.29) is 11.2 Å². The van der Waals surface area contributed by atoms with Crippen LogP contribution in [0.2, 0.25) is 0 Å². The Hall–Kier alpha value is -2.52. The molecule has 0 radical (unpaired) electrons. The molecule has 1 aromatic carbocycles. The molecule has 5 rings (SSSR count). The summed E-state index contributed by atoms with van der Waals surface area (Å²) in [5, 5.41) is 7.23. The minimum Gasteiger partial charge on any atom is -0.381 e. The molecule has 0 amide bonds. The molecule has 0 aliphatic carbocycles. The van der Waals surface area contributed by atoms with Crippen molar-refractivity contribution in [3.63, 3.8) is 0 Å². The Morgan fingerprint density at radius 1 is 1.03 bits per heavy atom. The molecule has 1 aromatic heterocycles. The fourth-order valence-corrected chi connectivity index (χ4v) is 6.15. The quantitative estimate of drug-likeness (QED) is 0.481. The molecule has 2 aromatic rings. The van der Waals surface area contributed by atoms with E-state index in [1.807, 2.05) is 12.1 Å². The van der Waals surface area contributed by atoms with Crippen LogP contribution in [-0.4, -0.2) is 60.5 Å². The third-order valence-electron chi connectivity index (χ3n) is 8.62. The van der Waals surface area contributed by atoms with Crippen molar-refractivity contribution >= 4 is 34.9 Å². The van der Waals surface area contributed by atoms with Crippen LogP contribution in [0.3, 0.4) is 0 Å². The van der Waals surface area contributed by atoms with Gasteiger partial charge in [-0.25, -0.2) is 4.39 Å². The van der Waals surface area contributed by atoms with Gasteiger partial charge in [0.2, 0.25) is 5.95 Å². The smallest absolute Gasteiger partial charge is 0.232 e. The Morgan fingerprint density at radius 2 is 1.74 bits per heavy atom. The van der Waals surface area contributed by atoms with Gasteiger partial charge in [0.05, 0.1) is 0 Å². The monoisotopic (exact) mass is 540 g/mol. The average molecular weight is 541 g/mol. The number of aromatic nitrogens is 2. The van der Waals surface area contributed by atoms with Crippen molar-refractivity contribution in [1.82, 2.24) is 15.3 Å². The summed E-state index contributed by atoms with van der Waals surface area (Å²) in [6, 6.07) is 9.45. The summed E-state index contributed by atoms with van der Waals surface area (Å²) in [5.41, 5.74) is 0.940. The van der Waals surface area contributed by atoms with Crippen molar-refractivity contribution < 1.29 is 9.13 Å². The van der Waals surface area contributed by atoms with Gasteiger partial charge >= 0.3 is 0 Å². The van der Waals surface area contributed by atoms with Gasteiger partial charge < -0.3 is 25.2 Å².